The normalized spacial score (nSPS) is 17.1. The molecule has 0 saturated carbocycles. The Kier molecular flexibility index (Phi) is 7.55. The van der Waals surface area contributed by atoms with Gasteiger partial charge in [0.2, 0.25) is 5.91 Å². The Bertz CT molecular complexity index is 651. The smallest absolute Gasteiger partial charge is 0.240 e. The zero-order valence-electron chi connectivity index (χ0n) is 12.3. The number of ether oxygens (including phenoxy) is 1. The van der Waals surface area contributed by atoms with Gasteiger partial charge in [-0.3, -0.25) is 4.79 Å². The van der Waals surface area contributed by atoms with Gasteiger partial charge >= 0.3 is 0 Å². The topological polar surface area (TPSA) is 29.5 Å². The fourth-order valence-corrected chi connectivity index (χ4v) is 2.18. The van der Waals surface area contributed by atoms with Crippen molar-refractivity contribution in [3.63, 3.8) is 0 Å². The average Bonchev–Trinajstić information content (AvgIpc) is 2.46. The van der Waals surface area contributed by atoms with Gasteiger partial charge < -0.3 is 9.64 Å². The molecule has 3 nitrogen and oxygen atoms in total. The number of halogens is 2. The van der Waals surface area contributed by atoms with E-state index in [0.717, 1.165) is 0 Å². The van der Waals surface area contributed by atoms with Crippen molar-refractivity contribution in [3.05, 3.63) is 35.7 Å². The average molecular weight is 396 g/mol. The van der Waals surface area contributed by atoms with E-state index in [2.05, 4.69) is 17.9 Å². The van der Waals surface area contributed by atoms with Crippen LogP contribution in [0.5, 0.6) is 5.75 Å². The van der Waals surface area contributed by atoms with E-state index in [1.807, 2.05) is 0 Å². The van der Waals surface area contributed by atoms with E-state index < -0.39 is 11.2 Å². The van der Waals surface area contributed by atoms with Crippen LogP contribution in [0, 0.1) is 23.7 Å². The minimum absolute atomic E-state index is 0. The van der Waals surface area contributed by atoms with E-state index >= 15 is 0 Å². The molecule has 2 rings (SSSR count). The summed E-state index contributed by atoms with van der Waals surface area (Å²) in [5.41, 5.74) is 0.692. The predicted octanol–water partition coefficient (Wildman–Crippen LogP) is 2.84. The van der Waals surface area contributed by atoms with Crippen LogP contribution in [-0.2, 0) is 37.5 Å². The summed E-state index contributed by atoms with van der Waals surface area (Å²) in [4.78, 5) is 13.2. The third kappa shape index (κ3) is 4.32. The first kappa shape index (κ1) is 19.2. The number of allylic oxidation sites excluding steroid dienone is 1. The zero-order valence-corrected chi connectivity index (χ0v) is 15.9. The zero-order chi connectivity index (χ0) is 15.4. The summed E-state index contributed by atoms with van der Waals surface area (Å²) in [5, 5.41) is -0.642. The minimum atomic E-state index is -0.642. The van der Waals surface area contributed by atoms with Gasteiger partial charge in [0.05, 0.1) is 5.82 Å². The predicted molar refractivity (Wildman–Crippen MR) is 79.0 cm³/mol. The van der Waals surface area contributed by atoms with Gasteiger partial charge in [0.1, 0.15) is 17.7 Å². The molecular weight excluding hydrogens is 382 g/mol. The van der Waals surface area contributed by atoms with E-state index in [9.17, 15) is 9.18 Å². The summed E-state index contributed by atoms with van der Waals surface area (Å²) in [5.74, 6) is 5.07. The molecule has 1 heterocycles. The maximum Gasteiger partial charge on any atom is 0.240 e. The molecule has 0 saturated heterocycles. The number of carbonyl (C=O) groups excluding carboxylic acids is 1. The van der Waals surface area contributed by atoms with Gasteiger partial charge in [0.15, 0.2) is 0 Å². The molecule has 6 heteroatoms. The van der Waals surface area contributed by atoms with Gasteiger partial charge in [-0.2, -0.15) is 0 Å². The van der Waals surface area contributed by atoms with Gasteiger partial charge in [0.25, 0.3) is 0 Å². The number of hydrogen-bond donors (Lipinski definition) is 0. The molecule has 0 aromatic heterocycles. The van der Waals surface area contributed by atoms with Crippen molar-refractivity contribution in [2.45, 2.75) is 18.7 Å². The molecule has 0 spiro atoms. The standard InChI is InChI=1S/C16H14ClFNO2.Y/c1-3-4-9-21-11-5-6-12(14(18)10-11)15-8-7-13(17)16(20)19(15)2;/h5-6,10,13H,7,9H2,1-2H3;/q-1;. The first-order chi connectivity index (χ1) is 10.0. The van der Waals surface area contributed by atoms with Crippen LogP contribution in [0.3, 0.4) is 0 Å². The maximum absolute atomic E-state index is 14.2. The van der Waals surface area contributed by atoms with Gasteiger partial charge in [-0.1, -0.05) is 12.3 Å². The summed E-state index contributed by atoms with van der Waals surface area (Å²) in [6, 6.07) is 4.46. The number of amides is 1. The van der Waals surface area contributed by atoms with E-state index in [4.69, 9.17) is 16.3 Å². The van der Waals surface area contributed by atoms with Crippen molar-refractivity contribution < 1.29 is 46.6 Å². The van der Waals surface area contributed by atoms with Crippen LogP contribution in [0.1, 0.15) is 18.9 Å². The van der Waals surface area contributed by atoms with Crippen LogP contribution >= 0.6 is 11.6 Å². The van der Waals surface area contributed by atoms with Gasteiger partial charge in [-0.05, 0) is 19.1 Å². The molecule has 1 aliphatic rings. The molecule has 0 fully saturated rings. The Morgan fingerprint density at radius 3 is 2.91 bits per heavy atom. The van der Waals surface area contributed by atoms with Crippen LogP contribution < -0.4 is 4.74 Å². The molecular formula is C16H14ClFNO2Y-. The monoisotopic (exact) mass is 395 g/mol. The van der Waals surface area contributed by atoms with Crippen LogP contribution in [-0.4, -0.2) is 29.8 Å². The molecule has 1 aromatic carbocycles. The molecule has 1 amide bonds. The molecule has 113 valence electrons. The summed E-state index contributed by atoms with van der Waals surface area (Å²) < 4.78 is 19.5. The Morgan fingerprint density at radius 2 is 2.27 bits per heavy atom. The largest absolute Gasteiger partial charge is 0.481 e. The fourth-order valence-electron chi connectivity index (χ4n) is 1.96. The first-order valence-corrected chi connectivity index (χ1v) is 6.83. The number of carbonyl (C=O) groups is 1. The van der Waals surface area contributed by atoms with Crippen LogP contribution in [0.4, 0.5) is 4.39 Å². The summed E-state index contributed by atoms with van der Waals surface area (Å²) >= 11 is 5.86. The molecule has 0 N–H and O–H groups in total. The third-order valence-electron chi connectivity index (χ3n) is 3.07. The Hall–Kier alpha value is -0.886. The molecule has 0 bridgehead atoms. The molecule has 1 aliphatic heterocycles. The number of hydrogen-bond acceptors (Lipinski definition) is 2. The summed E-state index contributed by atoms with van der Waals surface area (Å²) in [6.45, 7) is 1.91. The Morgan fingerprint density at radius 1 is 1.55 bits per heavy atom. The van der Waals surface area contributed by atoms with Gasteiger partial charge in [-0.15, -0.1) is 34.8 Å². The molecule has 1 aromatic rings. The molecule has 1 atom stereocenters. The third-order valence-corrected chi connectivity index (χ3v) is 3.41. The minimum Gasteiger partial charge on any atom is -0.481 e. The number of nitrogens with zero attached hydrogens (tertiary/aromatic N) is 1. The van der Waals surface area contributed by atoms with E-state index in [1.54, 1.807) is 26.1 Å². The Labute approximate surface area is 159 Å². The summed E-state index contributed by atoms with van der Waals surface area (Å²) in [7, 11) is 1.56. The first-order valence-electron chi connectivity index (χ1n) is 6.39. The quantitative estimate of drug-likeness (QED) is 0.447. The van der Waals surface area contributed by atoms with E-state index in [1.165, 1.54) is 11.0 Å². The maximum atomic E-state index is 14.2. The second kappa shape index (κ2) is 8.67. The number of rotatable bonds is 3. The SMILES string of the molecule is CC#CCOc1ccc(C2=[C-]CC(Cl)C(=O)N2C)c(F)c1.[Y]. The van der Waals surface area contributed by atoms with Crippen molar-refractivity contribution in [2.24, 2.45) is 0 Å². The van der Waals surface area contributed by atoms with Crippen molar-refractivity contribution in [3.8, 4) is 17.6 Å². The second-order valence-electron chi connectivity index (χ2n) is 4.45. The summed E-state index contributed by atoms with van der Waals surface area (Å²) in [6.07, 6.45) is 3.23. The molecule has 22 heavy (non-hydrogen) atoms. The van der Waals surface area contributed by atoms with Crippen molar-refractivity contribution >= 4 is 23.2 Å². The van der Waals surface area contributed by atoms with Crippen molar-refractivity contribution in [2.75, 3.05) is 13.7 Å². The van der Waals surface area contributed by atoms with E-state index in [0.29, 0.717) is 17.0 Å². The van der Waals surface area contributed by atoms with Gasteiger partial charge in [0, 0.05) is 39.8 Å². The van der Waals surface area contributed by atoms with Crippen molar-refractivity contribution in [1.29, 1.82) is 0 Å². The molecule has 0 aliphatic carbocycles. The molecule has 1 radical (unpaired) electrons. The second-order valence-corrected chi connectivity index (χ2v) is 4.98. The van der Waals surface area contributed by atoms with E-state index in [-0.39, 0.29) is 51.6 Å². The number of alkyl halides is 1. The van der Waals surface area contributed by atoms with Crippen LogP contribution in [0.25, 0.3) is 5.70 Å². The fraction of sp³-hybridized carbons (Fsp3) is 0.312. The number of benzene rings is 1. The van der Waals surface area contributed by atoms with Crippen molar-refractivity contribution in [1.82, 2.24) is 4.90 Å². The van der Waals surface area contributed by atoms with Crippen LogP contribution in [0.15, 0.2) is 18.2 Å². The van der Waals surface area contributed by atoms with Gasteiger partial charge in [-0.25, -0.2) is 10.5 Å². The Balaban J connectivity index is 0.00000242. The molecule has 1 unspecified atom stereocenters. The van der Waals surface area contributed by atoms with Crippen LogP contribution in [0.2, 0.25) is 0 Å².